The van der Waals surface area contributed by atoms with E-state index in [1.807, 2.05) is 13.8 Å². The van der Waals surface area contributed by atoms with E-state index in [-0.39, 0.29) is 0 Å². The lowest BCUT2D eigenvalue weighted by atomic mass is 10.2. The average molecular weight is 95.9 g/mol. The molecule has 2 nitrogen and oxygen atoms in total. The first-order valence-electron chi connectivity index (χ1n) is 2.00. The molecule has 0 amide bonds. The molecular formula is C4H9BN2. The molecule has 0 heterocycles. The molecule has 0 aliphatic heterocycles. The largest absolute Gasteiger partial charge is 0.328 e. The summed E-state index contributed by atoms with van der Waals surface area (Å²) in [6.45, 7) is 3.89. The van der Waals surface area contributed by atoms with Gasteiger partial charge in [-0.2, -0.15) is 0 Å². The lowest BCUT2D eigenvalue weighted by Gasteiger charge is -1.81. The Labute approximate surface area is 45.7 Å². The minimum absolute atomic E-state index is 0.333. The molecule has 0 atom stereocenters. The number of rotatable bonds is 0. The predicted molar refractivity (Wildman–Crippen MR) is 30.7 cm³/mol. The van der Waals surface area contributed by atoms with Crippen LogP contribution >= 0.6 is 0 Å². The first-order chi connectivity index (χ1) is 3.15. The van der Waals surface area contributed by atoms with Crippen molar-refractivity contribution in [2.24, 2.45) is 5.73 Å². The van der Waals surface area contributed by atoms with Crippen molar-refractivity contribution in [3.05, 3.63) is 0 Å². The smallest absolute Gasteiger partial charge is 0.229 e. The highest BCUT2D eigenvalue weighted by Crippen LogP contribution is 1.58. The summed E-state index contributed by atoms with van der Waals surface area (Å²) >= 11 is 0. The van der Waals surface area contributed by atoms with Crippen LogP contribution in [0, 0.1) is 11.2 Å². The van der Waals surface area contributed by atoms with Gasteiger partial charge in [0.05, 0.1) is 0 Å². The fourth-order valence-electron chi connectivity index (χ4n) is 0. The Bertz CT molecular complexity index is 52.4. The second-order valence-corrected chi connectivity index (χ2v) is 1.37. The van der Waals surface area contributed by atoms with Crippen LogP contribution in [0.5, 0.6) is 0 Å². The molecule has 2 N–H and O–H groups in total. The van der Waals surface area contributed by atoms with Crippen molar-refractivity contribution in [3.63, 3.8) is 0 Å². The molecule has 0 aromatic rings. The Hall–Kier alpha value is -0.485. The maximum absolute atomic E-state index is 7.10. The first kappa shape index (κ1) is 9.72. The summed E-state index contributed by atoms with van der Waals surface area (Å²) in [5.74, 6) is 1.25. The third-order valence-electron chi connectivity index (χ3n) is 0. The number of nitrogens with zero attached hydrogens (tertiary/aromatic N) is 1. The Kier molecular flexibility index (Phi) is 12.6. The normalized spacial score (nSPS) is 6.14. The molecule has 0 saturated carbocycles. The van der Waals surface area contributed by atoms with Gasteiger partial charge in [-0.15, -0.1) is 0 Å². The second kappa shape index (κ2) is 9.10. The van der Waals surface area contributed by atoms with Crippen LogP contribution in [-0.2, 0) is 0 Å². The average Bonchev–Trinajstić information content (AvgIpc) is 1.33. The lowest BCUT2D eigenvalue weighted by Crippen LogP contribution is -2.06. The highest BCUT2D eigenvalue weighted by molar-refractivity contribution is 6.20. The Morgan fingerprint density at radius 2 is 1.71 bits per heavy atom. The fraction of sp³-hybridized carbons (Fsp3) is 0.750. The number of nitriles is 1. The minimum atomic E-state index is 0.333. The van der Waals surface area contributed by atoms with Gasteiger partial charge in [0.2, 0.25) is 7.85 Å². The Morgan fingerprint density at radius 1 is 1.71 bits per heavy atom. The molecule has 0 fully saturated rings. The molecule has 38 valence electrons. The third-order valence-corrected chi connectivity index (χ3v) is 0. The summed E-state index contributed by atoms with van der Waals surface area (Å²) in [5.41, 5.74) is 5.11. The summed E-state index contributed by atoms with van der Waals surface area (Å²) in [4.78, 5) is 0. The quantitative estimate of drug-likeness (QED) is 0.431. The zero-order valence-electron chi connectivity index (χ0n) is 4.68. The van der Waals surface area contributed by atoms with E-state index in [2.05, 4.69) is 7.85 Å². The van der Waals surface area contributed by atoms with Gasteiger partial charge >= 0.3 is 0 Å². The van der Waals surface area contributed by atoms with Crippen molar-refractivity contribution in [2.45, 2.75) is 19.9 Å². The molecule has 3 heteroatoms. The van der Waals surface area contributed by atoms with E-state index in [0.717, 1.165) is 0 Å². The highest BCUT2D eigenvalue weighted by atomic mass is 14.6. The van der Waals surface area contributed by atoms with Crippen LogP contribution in [0.3, 0.4) is 0 Å². The predicted octanol–water partition coefficient (Wildman–Crippen LogP) is -0.0105. The van der Waals surface area contributed by atoms with Crippen LogP contribution in [0.2, 0.25) is 0 Å². The molecule has 0 saturated heterocycles. The Morgan fingerprint density at radius 3 is 1.71 bits per heavy atom. The monoisotopic (exact) mass is 96.1 g/mol. The molecule has 0 bridgehead atoms. The van der Waals surface area contributed by atoms with Crippen LogP contribution in [0.25, 0.3) is 0 Å². The summed E-state index contributed by atoms with van der Waals surface area (Å²) in [6, 6.07) is 0.333. The van der Waals surface area contributed by atoms with Crippen molar-refractivity contribution in [2.75, 3.05) is 0 Å². The molecule has 0 aromatic carbocycles. The van der Waals surface area contributed by atoms with E-state index < -0.39 is 0 Å². The summed E-state index contributed by atoms with van der Waals surface area (Å²) in [6.07, 6.45) is 0. The molecule has 0 rings (SSSR count). The molecule has 0 aromatic heterocycles. The molecule has 0 aliphatic rings. The van der Waals surface area contributed by atoms with E-state index in [9.17, 15) is 0 Å². The van der Waals surface area contributed by atoms with Crippen LogP contribution < -0.4 is 5.73 Å². The summed E-state index contributed by atoms with van der Waals surface area (Å²) in [5, 5.41) is 7.10. The molecule has 2 radical (unpaired) electrons. The van der Waals surface area contributed by atoms with E-state index in [0.29, 0.717) is 6.04 Å². The van der Waals surface area contributed by atoms with Crippen molar-refractivity contribution in [3.8, 4) is 5.97 Å². The number of hydrogen-bond donors (Lipinski definition) is 1. The topological polar surface area (TPSA) is 49.8 Å². The third kappa shape index (κ3) is 290. The molecule has 0 aliphatic carbocycles. The van der Waals surface area contributed by atoms with Crippen molar-refractivity contribution < 1.29 is 0 Å². The van der Waals surface area contributed by atoms with E-state index in [1.165, 1.54) is 5.97 Å². The van der Waals surface area contributed by atoms with E-state index in [4.69, 9.17) is 11.0 Å². The zero-order valence-corrected chi connectivity index (χ0v) is 4.68. The van der Waals surface area contributed by atoms with Gasteiger partial charge in [0, 0.05) is 0 Å². The summed E-state index contributed by atoms with van der Waals surface area (Å²) < 4.78 is 0. The van der Waals surface area contributed by atoms with Gasteiger partial charge in [-0.1, -0.05) is 13.8 Å². The zero-order chi connectivity index (χ0) is 6.28. The maximum atomic E-state index is 7.10. The maximum Gasteiger partial charge on any atom is 0.229 e. The highest BCUT2D eigenvalue weighted by Gasteiger charge is 1.67. The van der Waals surface area contributed by atoms with Crippen LogP contribution in [0.1, 0.15) is 13.8 Å². The van der Waals surface area contributed by atoms with Gasteiger partial charge in [0.25, 0.3) is 0 Å². The van der Waals surface area contributed by atoms with E-state index in [1.54, 1.807) is 0 Å². The molecular weight excluding hydrogens is 86.9 g/mol. The second-order valence-electron chi connectivity index (χ2n) is 1.37. The van der Waals surface area contributed by atoms with Gasteiger partial charge < -0.3 is 5.73 Å². The van der Waals surface area contributed by atoms with Crippen molar-refractivity contribution in [1.29, 1.82) is 5.26 Å². The van der Waals surface area contributed by atoms with Gasteiger partial charge in [-0.05, 0) is 12.0 Å². The van der Waals surface area contributed by atoms with Gasteiger partial charge in [0.15, 0.2) is 0 Å². The minimum Gasteiger partial charge on any atom is -0.328 e. The van der Waals surface area contributed by atoms with E-state index >= 15 is 0 Å². The van der Waals surface area contributed by atoms with Crippen molar-refractivity contribution >= 4 is 7.85 Å². The fourth-order valence-corrected chi connectivity index (χ4v) is 0. The molecule has 7 heavy (non-hydrogen) atoms. The standard InChI is InChI=1S/C3H9N.CBN/c1-3(2)4;2-1-3/h3H,4H2,1-2H3;. The molecule has 0 spiro atoms. The van der Waals surface area contributed by atoms with Crippen LogP contribution in [-0.4, -0.2) is 13.9 Å². The molecule has 0 unspecified atom stereocenters. The first-order valence-corrected chi connectivity index (χ1v) is 2.00. The van der Waals surface area contributed by atoms with Crippen LogP contribution in [0.4, 0.5) is 0 Å². The van der Waals surface area contributed by atoms with Gasteiger partial charge in [0.1, 0.15) is 0 Å². The summed E-state index contributed by atoms with van der Waals surface area (Å²) in [7, 11) is 4.15. The van der Waals surface area contributed by atoms with Crippen LogP contribution in [0.15, 0.2) is 0 Å². The number of nitrogens with two attached hydrogens (primary N) is 1. The number of hydrogen-bond acceptors (Lipinski definition) is 2. The van der Waals surface area contributed by atoms with Gasteiger partial charge in [-0.25, -0.2) is 5.26 Å². The Balaban J connectivity index is 0. The van der Waals surface area contributed by atoms with Crippen molar-refractivity contribution in [1.82, 2.24) is 0 Å². The lowest BCUT2D eigenvalue weighted by molar-refractivity contribution is 0.834. The SMILES string of the molecule is CC(C)N.[B]C#N. The van der Waals surface area contributed by atoms with Gasteiger partial charge in [-0.3, -0.25) is 0 Å².